The van der Waals surface area contributed by atoms with Crippen LogP contribution in [-0.4, -0.2) is 35.2 Å². The van der Waals surface area contributed by atoms with Crippen molar-refractivity contribution in [1.29, 1.82) is 0 Å². The molecule has 182 valence electrons. The first kappa shape index (κ1) is 23.4. The number of carbonyl (C=O) groups is 1. The number of nitrogens with one attached hydrogen (secondary N) is 1. The van der Waals surface area contributed by atoms with Gasteiger partial charge in [-0.15, -0.1) is 0 Å². The van der Waals surface area contributed by atoms with Gasteiger partial charge in [-0.05, 0) is 31.2 Å². The molecule has 3 aromatic heterocycles. The van der Waals surface area contributed by atoms with Crippen molar-refractivity contribution in [3.05, 3.63) is 106 Å². The molecule has 3 N–H and O–H groups in total. The summed E-state index contributed by atoms with van der Waals surface area (Å²) in [6, 6.07) is 13.8. The van der Waals surface area contributed by atoms with Gasteiger partial charge in [0, 0.05) is 31.2 Å². The van der Waals surface area contributed by atoms with Crippen LogP contribution in [0.5, 0.6) is 0 Å². The maximum Gasteiger partial charge on any atom is 0.274 e. The summed E-state index contributed by atoms with van der Waals surface area (Å²) < 4.78 is 3.15. The maximum atomic E-state index is 14.0. The van der Waals surface area contributed by atoms with E-state index in [1.807, 2.05) is 25.2 Å². The standard InChI is InChI=1S/C27H22N8O2/c1-17(32-26(36)23-24(28)30-14-13-29-23)25-33-21-10-6-7-19(12-11-18-15-31-34(2)16-18)22(21)27(37)35(25)20-8-4-3-5-9-20/h3-10,13-17H,1-2H3,(H2,28,30)(H,32,36)/t17-/m1/s1. The lowest BCUT2D eigenvalue weighted by Gasteiger charge is -2.20. The molecule has 0 aliphatic rings. The molecule has 1 amide bonds. The van der Waals surface area contributed by atoms with Crippen LogP contribution in [-0.2, 0) is 7.05 Å². The molecule has 0 aliphatic heterocycles. The zero-order valence-corrected chi connectivity index (χ0v) is 20.1. The lowest BCUT2D eigenvalue weighted by molar-refractivity contribution is 0.0933. The number of nitrogen functional groups attached to an aromatic ring is 1. The summed E-state index contributed by atoms with van der Waals surface area (Å²) in [6.07, 6.45) is 6.25. The summed E-state index contributed by atoms with van der Waals surface area (Å²) in [6.45, 7) is 1.74. The molecule has 0 fully saturated rings. The van der Waals surface area contributed by atoms with E-state index in [4.69, 9.17) is 10.7 Å². The molecule has 5 aromatic rings. The Hall–Kier alpha value is -5.30. The van der Waals surface area contributed by atoms with Crippen LogP contribution in [0.25, 0.3) is 16.6 Å². The monoisotopic (exact) mass is 490 g/mol. The summed E-state index contributed by atoms with van der Waals surface area (Å²) in [7, 11) is 1.81. The summed E-state index contributed by atoms with van der Waals surface area (Å²) in [5, 5.41) is 7.35. The van der Waals surface area contributed by atoms with Gasteiger partial charge >= 0.3 is 0 Å². The molecule has 0 saturated carbocycles. The number of anilines is 1. The quantitative estimate of drug-likeness (QED) is 0.370. The molecule has 0 radical (unpaired) electrons. The molecular weight excluding hydrogens is 468 g/mol. The second-order valence-corrected chi connectivity index (χ2v) is 8.28. The van der Waals surface area contributed by atoms with Crippen LogP contribution in [0.4, 0.5) is 5.82 Å². The number of aryl methyl sites for hydroxylation is 1. The Bertz CT molecular complexity index is 1750. The lowest BCUT2D eigenvalue weighted by atomic mass is 10.1. The Morgan fingerprint density at radius 3 is 2.57 bits per heavy atom. The predicted molar refractivity (Wildman–Crippen MR) is 139 cm³/mol. The van der Waals surface area contributed by atoms with E-state index in [-0.39, 0.29) is 17.1 Å². The number of hydrogen-bond acceptors (Lipinski definition) is 7. The van der Waals surface area contributed by atoms with Gasteiger partial charge in [-0.25, -0.2) is 15.0 Å². The zero-order chi connectivity index (χ0) is 25.9. The highest BCUT2D eigenvalue weighted by Crippen LogP contribution is 2.20. The fourth-order valence-corrected chi connectivity index (χ4v) is 3.95. The van der Waals surface area contributed by atoms with E-state index >= 15 is 0 Å². The van der Waals surface area contributed by atoms with Crippen molar-refractivity contribution in [1.82, 2.24) is 34.6 Å². The first-order valence-electron chi connectivity index (χ1n) is 11.4. The van der Waals surface area contributed by atoms with Crippen molar-refractivity contribution in [2.45, 2.75) is 13.0 Å². The number of amides is 1. The second kappa shape index (κ2) is 9.75. The number of carbonyl (C=O) groups excluding carboxylic acids is 1. The number of para-hydroxylation sites is 1. The Labute approximate surface area is 211 Å². The van der Waals surface area contributed by atoms with Gasteiger partial charge in [0.2, 0.25) is 0 Å². The highest BCUT2D eigenvalue weighted by atomic mass is 16.2. The van der Waals surface area contributed by atoms with Crippen molar-refractivity contribution >= 4 is 22.6 Å². The van der Waals surface area contributed by atoms with Crippen molar-refractivity contribution in [3.8, 4) is 17.5 Å². The van der Waals surface area contributed by atoms with E-state index in [9.17, 15) is 9.59 Å². The molecule has 5 rings (SSSR count). The van der Waals surface area contributed by atoms with Gasteiger partial charge in [0.1, 0.15) is 5.82 Å². The first-order chi connectivity index (χ1) is 17.9. The van der Waals surface area contributed by atoms with Crippen molar-refractivity contribution in [3.63, 3.8) is 0 Å². The normalized spacial score (nSPS) is 11.5. The van der Waals surface area contributed by atoms with Crippen LogP contribution in [0, 0.1) is 11.8 Å². The lowest BCUT2D eigenvalue weighted by Crippen LogP contribution is -2.34. The highest BCUT2D eigenvalue weighted by molar-refractivity contribution is 5.96. The fraction of sp³-hybridized carbons (Fsp3) is 0.111. The Balaban J connectivity index is 1.65. The summed E-state index contributed by atoms with van der Waals surface area (Å²) in [4.78, 5) is 39.6. The van der Waals surface area contributed by atoms with Gasteiger partial charge in [-0.3, -0.25) is 18.8 Å². The smallest absolute Gasteiger partial charge is 0.274 e. The number of nitrogens with zero attached hydrogens (tertiary/aromatic N) is 6. The molecule has 3 heterocycles. The maximum absolute atomic E-state index is 14.0. The number of fused-ring (bicyclic) bond motifs is 1. The van der Waals surface area contributed by atoms with Gasteiger partial charge in [-0.1, -0.05) is 36.1 Å². The average molecular weight is 491 g/mol. The number of benzene rings is 2. The molecule has 10 heteroatoms. The van der Waals surface area contributed by atoms with Crippen LogP contribution in [0.3, 0.4) is 0 Å². The van der Waals surface area contributed by atoms with Crippen molar-refractivity contribution < 1.29 is 4.79 Å². The van der Waals surface area contributed by atoms with Crippen LogP contribution < -0.4 is 16.6 Å². The van der Waals surface area contributed by atoms with E-state index < -0.39 is 11.9 Å². The zero-order valence-electron chi connectivity index (χ0n) is 20.1. The molecule has 0 aliphatic carbocycles. The van der Waals surface area contributed by atoms with Crippen LogP contribution in [0.15, 0.2) is 78.1 Å². The van der Waals surface area contributed by atoms with Gasteiger partial charge in [0.15, 0.2) is 11.5 Å². The van der Waals surface area contributed by atoms with E-state index in [1.165, 1.54) is 17.0 Å². The Kier molecular flexibility index (Phi) is 6.18. The topological polar surface area (TPSA) is 134 Å². The number of hydrogen-bond donors (Lipinski definition) is 2. The average Bonchev–Trinajstić information content (AvgIpc) is 3.32. The summed E-state index contributed by atoms with van der Waals surface area (Å²) >= 11 is 0. The van der Waals surface area contributed by atoms with E-state index in [1.54, 1.807) is 54.3 Å². The molecule has 2 aromatic carbocycles. The van der Waals surface area contributed by atoms with Gasteiger partial charge in [0.05, 0.1) is 34.4 Å². The van der Waals surface area contributed by atoms with E-state index in [2.05, 4.69) is 32.2 Å². The number of nitrogens with two attached hydrogens (primary N) is 1. The van der Waals surface area contributed by atoms with E-state index in [0.717, 1.165) is 5.56 Å². The fourth-order valence-electron chi connectivity index (χ4n) is 3.95. The molecule has 10 nitrogen and oxygen atoms in total. The third-order valence-corrected chi connectivity index (χ3v) is 5.66. The van der Waals surface area contributed by atoms with Crippen molar-refractivity contribution in [2.75, 3.05) is 5.73 Å². The first-order valence-corrected chi connectivity index (χ1v) is 11.4. The van der Waals surface area contributed by atoms with Gasteiger partial charge in [-0.2, -0.15) is 5.10 Å². The third-order valence-electron chi connectivity index (χ3n) is 5.66. The molecule has 37 heavy (non-hydrogen) atoms. The number of rotatable bonds is 4. The van der Waals surface area contributed by atoms with E-state index in [0.29, 0.717) is 28.0 Å². The SMILES string of the molecule is C[C@@H](NC(=O)c1nccnc1N)c1nc2cccc(C#Cc3cnn(C)c3)c2c(=O)n1-c1ccccc1. The summed E-state index contributed by atoms with van der Waals surface area (Å²) in [5.41, 5.74) is 7.85. The third kappa shape index (κ3) is 4.66. The second-order valence-electron chi connectivity index (χ2n) is 8.28. The van der Waals surface area contributed by atoms with Gasteiger partial charge < -0.3 is 11.1 Å². The molecule has 1 atom stereocenters. The number of aromatic nitrogens is 6. The minimum absolute atomic E-state index is 0.00305. The Morgan fingerprint density at radius 1 is 1.05 bits per heavy atom. The molecule has 0 bridgehead atoms. The van der Waals surface area contributed by atoms with Gasteiger partial charge in [0.25, 0.3) is 11.5 Å². The Morgan fingerprint density at radius 2 is 1.84 bits per heavy atom. The highest BCUT2D eigenvalue weighted by Gasteiger charge is 2.22. The largest absolute Gasteiger partial charge is 0.382 e. The molecule has 0 spiro atoms. The van der Waals surface area contributed by atoms with Crippen molar-refractivity contribution in [2.24, 2.45) is 7.05 Å². The predicted octanol–water partition coefficient (Wildman–Crippen LogP) is 2.38. The van der Waals surface area contributed by atoms with Crippen LogP contribution in [0.2, 0.25) is 0 Å². The molecule has 0 saturated heterocycles. The minimum Gasteiger partial charge on any atom is -0.382 e. The van der Waals surface area contributed by atoms with Crippen LogP contribution >= 0.6 is 0 Å². The minimum atomic E-state index is -0.670. The van der Waals surface area contributed by atoms with Crippen LogP contribution in [0.1, 0.15) is 40.4 Å². The molecule has 0 unspecified atom stereocenters. The molecular formula is C27H22N8O2. The summed E-state index contributed by atoms with van der Waals surface area (Å²) in [5.74, 6) is 5.98.